The SMILES string of the molecule is Cc1cnc2c(-c3ccc(C(F)(F)F)cc3)cnn2c1C(C)(Cc1ccccc1)C1OC(C)O1. The molecule has 0 spiro atoms. The molecular weight excluding hydrogens is 443 g/mol. The molecule has 1 fully saturated rings. The molecule has 3 heterocycles. The van der Waals surface area contributed by atoms with Crippen LogP contribution >= 0.6 is 0 Å². The van der Waals surface area contributed by atoms with Gasteiger partial charge in [-0.25, -0.2) is 9.50 Å². The van der Waals surface area contributed by atoms with Crippen LogP contribution in [0.1, 0.15) is 36.2 Å². The summed E-state index contributed by atoms with van der Waals surface area (Å²) in [6, 6.07) is 15.1. The van der Waals surface area contributed by atoms with E-state index < -0.39 is 23.4 Å². The first-order chi connectivity index (χ1) is 16.2. The van der Waals surface area contributed by atoms with Gasteiger partial charge >= 0.3 is 6.18 Å². The predicted octanol–water partition coefficient (Wildman–Crippen LogP) is 5.94. The minimum absolute atomic E-state index is 0.293. The molecule has 0 radical (unpaired) electrons. The van der Waals surface area contributed by atoms with E-state index in [0.29, 0.717) is 23.2 Å². The Morgan fingerprint density at radius 1 is 0.971 bits per heavy atom. The number of aromatic nitrogens is 3. The number of benzene rings is 2. The van der Waals surface area contributed by atoms with Gasteiger partial charge in [-0.1, -0.05) is 42.5 Å². The largest absolute Gasteiger partial charge is 0.416 e. The highest BCUT2D eigenvalue weighted by atomic mass is 19.4. The number of rotatable bonds is 5. The Hall–Kier alpha value is -3.23. The summed E-state index contributed by atoms with van der Waals surface area (Å²) in [4.78, 5) is 4.58. The number of hydrogen-bond acceptors (Lipinski definition) is 4. The van der Waals surface area contributed by atoms with Gasteiger partial charge in [-0.2, -0.15) is 18.3 Å². The van der Waals surface area contributed by atoms with Crippen LogP contribution in [-0.4, -0.2) is 27.2 Å². The molecule has 34 heavy (non-hydrogen) atoms. The van der Waals surface area contributed by atoms with Gasteiger partial charge < -0.3 is 9.47 Å². The van der Waals surface area contributed by atoms with Gasteiger partial charge in [0.2, 0.25) is 0 Å². The van der Waals surface area contributed by atoms with E-state index >= 15 is 0 Å². The summed E-state index contributed by atoms with van der Waals surface area (Å²) in [6.45, 7) is 5.90. The van der Waals surface area contributed by atoms with Crippen LogP contribution in [0.2, 0.25) is 0 Å². The van der Waals surface area contributed by atoms with E-state index in [2.05, 4.69) is 29.1 Å². The smallest absolute Gasteiger partial charge is 0.323 e. The molecule has 5 nitrogen and oxygen atoms in total. The van der Waals surface area contributed by atoms with Crippen LogP contribution in [0.15, 0.2) is 67.0 Å². The number of halogens is 3. The maximum atomic E-state index is 13.0. The zero-order valence-electron chi connectivity index (χ0n) is 19.0. The molecule has 0 saturated carbocycles. The highest BCUT2D eigenvalue weighted by molar-refractivity contribution is 5.77. The second-order valence-electron chi connectivity index (χ2n) is 8.91. The molecule has 8 heteroatoms. The molecule has 1 saturated heterocycles. The molecule has 0 bridgehead atoms. The first-order valence-corrected chi connectivity index (χ1v) is 11.0. The van der Waals surface area contributed by atoms with Crippen molar-refractivity contribution in [2.24, 2.45) is 0 Å². The number of fused-ring (bicyclic) bond motifs is 1. The fourth-order valence-electron chi connectivity index (χ4n) is 4.71. The number of aryl methyl sites for hydroxylation is 1. The Bertz CT molecular complexity index is 1310. The van der Waals surface area contributed by atoms with Gasteiger partial charge in [0.1, 0.15) is 0 Å². The number of ether oxygens (including phenoxy) is 2. The number of alkyl halides is 3. The third-order valence-corrected chi connectivity index (χ3v) is 6.34. The van der Waals surface area contributed by atoms with E-state index in [1.165, 1.54) is 12.1 Å². The standard InChI is InChI=1S/C26H24F3N3O2/c1-16-14-30-23-21(19-9-11-20(12-10-19)26(27,28)29)15-31-32(23)22(16)25(3,24-33-17(2)34-24)13-18-7-5-4-6-8-18/h4-12,14-15,17,24H,13H2,1-3H3. The van der Waals surface area contributed by atoms with Crippen molar-refractivity contribution in [3.05, 3.63) is 89.4 Å². The summed E-state index contributed by atoms with van der Waals surface area (Å²) in [5, 5.41) is 4.62. The van der Waals surface area contributed by atoms with Crippen molar-refractivity contribution >= 4 is 5.65 Å². The Kier molecular flexibility index (Phi) is 5.45. The minimum atomic E-state index is -4.39. The molecule has 2 aromatic heterocycles. The van der Waals surface area contributed by atoms with Crippen molar-refractivity contribution in [2.75, 3.05) is 0 Å². The summed E-state index contributed by atoms with van der Waals surface area (Å²) in [5.74, 6) is 0. The third kappa shape index (κ3) is 3.86. The second-order valence-corrected chi connectivity index (χ2v) is 8.91. The zero-order chi connectivity index (χ0) is 24.1. The topological polar surface area (TPSA) is 48.7 Å². The molecule has 1 aliphatic rings. The summed E-state index contributed by atoms with van der Waals surface area (Å²) in [7, 11) is 0. The molecule has 1 aliphatic heterocycles. The van der Waals surface area contributed by atoms with Crippen molar-refractivity contribution in [3.8, 4) is 11.1 Å². The van der Waals surface area contributed by atoms with E-state index in [9.17, 15) is 13.2 Å². The Labute approximate surface area is 195 Å². The van der Waals surface area contributed by atoms with Crippen LogP contribution in [0.5, 0.6) is 0 Å². The molecule has 0 aliphatic carbocycles. The molecule has 0 amide bonds. The molecule has 4 aromatic rings. The molecule has 0 N–H and O–H groups in total. The minimum Gasteiger partial charge on any atom is -0.323 e. The average molecular weight is 467 g/mol. The second kappa shape index (κ2) is 8.21. The Balaban J connectivity index is 1.62. The van der Waals surface area contributed by atoms with Crippen LogP contribution < -0.4 is 0 Å². The van der Waals surface area contributed by atoms with Gasteiger partial charge in [-0.15, -0.1) is 0 Å². The fourth-order valence-corrected chi connectivity index (χ4v) is 4.71. The fraction of sp³-hybridized carbons (Fsp3) is 0.308. The van der Waals surface area contributed by atoms with E-state index in [1.807, 2.05) is 32.0 Å². The molecule has 5 rings (SSSR count). The van der Waals surface area contributed by atoms with Crippen LogP contribution in [0.3, 0.4) is 0 Å². The van der Waals surface area contributed by atoms with Crippen molar-refractivity contribution in [3.63, 3.8) is 0 Å². The third-order valence-electron chi connectivity index (χ3n) is 6.34. The predicted molar refractivity (Wildman–Crippen MR) is 121 cm³/mol. The van der Waals surface area contributed by atoms with Crippen LogP contribution in [0.4, 0.5) is 13.2 Å². The maximum absolute atomic E-state index is 13.0. The van der Waals surface area contributed by atoms with Crippen LogP contribution in [0, 0.1) is 6.92 Å². The highest BCUT2D eigenvalue weighted by Gasteiger charge is 2.47. The van der Waals surface area contributed by atoms with E-state index in [-0.39, 0.29) is 6.29 Å². The quantitative estimate of drug-likeness (QED) is 0.364. The molecule has 1 atom stereocenters. The van der Waals surface area contributed by atoms with Crippen molar-refractivity contribution in [2.45, 2.75) is 51.4 Å². The average Bonchev–Trinajstić information content (AvgIpc) is 3.20. The molecular formula is C26H24F3N3O2. The summed E-state index contributed by atoms with van der Waals surface area (Å²) >= 11 is 0. The van der Waals surface area contributed by atoms with E-state index in [1.54, 1.807) is 16.9 Å². The normalized spacial score (nSPS) is 20.2. The van der Waals surface area contributed by atoms with Gasteiger partial charge in [0, 0.05) is 11.8 Å². The van der Waals surface area contributed by atoms with E-state index in [0.717, 1.165) is 29.0 Å². The van der Waals surface area contributed by atoms with E-state index in [4.69, 9.17) is 9.47 Å². The van der Waals surface area contributed by atoms with Gasteiger partial charge in [0.25, 0.3) is 0 Å². The lowest BCUT2D eigenvalue weighted by Gasteiger charge is -2.46. The number of nitrogens with zero attached hydrogens (tertiary/aromatic N) is 3. The number of hydrogen-bond donors (Lipinski definition) is 0. The lowest BCUT2D eigenvalue weighted by Crippen LogP contribution is -2.54. The lowest BCUT2D eigenvalue weighted by molar-refractivity contribution is -0.396. The molecule has 176 valence electrons. The van der Waals surface area contributed by atoms with Crippen molar-refractivity contribution < 1.29 is 22.6 Å². The zero-order valence-corrected chi connectivity index (χ0v) is 19.0. The Morgan fingerprint density at radius 2 is 1.65 bits per heavy atom. The highest BCUT2D eigenvalue weighted by Crippen LogP contribution is 2.41. The van der Waals surface area contributed by atoms with Crippen LogP contribution in [-0.2, 0) is 27.5 Å². The molecule has 1 unspecified atom stereocenters. The monoisotopic (exact) mass is 467 g/mol. The van der Waals surface area contributed by atoms with Gasteiger partial charge in [-0.05, 0) is 56.0 Å². The maximum Gasteiger partial charge on any atom is 0.416 e. The van der Waals surface area contributed by atoms with Gasteiger partial charge in [0.15, 0.2) is 18.2 Å². The van der Waals surface area contributed by atoms with Crippen molar-refractivity contribution in [1.29, 1.82) is 0 Å². The first kappa shape index (κ1) is 22.6. The van der Waals surface area contributed by atoms with Gasteiger partial charge in [0.05, 0.1) is 22.9 Å². The summed E-state index contributed by atoms with van der Waals surface area (Å²) in [5.41, 5.74) is 3.46. The first-order valence-electron chi connectivity index (χ1n) is 11.0. The lowest BCUT2D eigenvalue weighted by atomic mass is 9.77. The van der Waals surface area contributed by atoms with Gasteiger partial charge in [-0.3, -0.25) is 0 Å². The van der Waals surface area contributed by atoms with Crippen LogP contribution in [0.25, 0.3) is 16.8 Å². The Morgan fingerprint density at radius 3 is 2.26 bits per heavy atom. The summed E-state index contributed by atoms with van der Waals surface area (Å²) in [6.07, 6.45) is -1.11. The van der Waals surface area contributed by atoms with Crippen molar-refractivity contribution in [1.82, 2.24) is 14.6 Å². The summed E-state index contributed by atoms with van der Waals surface area (Å²) < 4.78 is 52.8. The molecule has 2 aromatic carbocycles.